The van der Waals surface area contributed by atoms with Gasteiger partial charge in [0.1, 0.15) is 5.82 Å². The van der Waals surface area contributed by atoms with Crippen molar-refractivity contribution in [1.82, 2.24) is 9.88 Å². The number of esters is 2. The summed E-state index contributed by atoms with van der Waals surface area (Å²) in [6, 6.07) is 12.7. The van der Waals surface area contributed by atoms with Crippen LogP contribution in [0, 0.1) is 11.7 Å². The zero-order valence-corrected chi connectivity index (χ0v) is 19.2. The zero-order chi connectivity index (χ0) is 24.8. The lowest BCUT2D eigenvalue weighted by Gasteiger charge is -2.30. The van der Waals surface area contributed by atoms with Crippen LogP contribution in [0.25, 0.3) is 22.8 Å². The van der Waals surface area contributed by atoms with Gasteiger partial charge >= 0.3 is 11.9 Å². The maximum atomic E-state index is 14.1. The van der Waals surface area contributed by atoms with Crippen LogP contribution in [-0.2, 0) is 19.1 Å². The second-order valence-corrected chi connectivity index (χ2v) is 8.04. The highest BCUT2D eigenvalue weighted by molar-refractivity contribution is 5.97. The van der Waals surface area contributed by atoms with E-state index in [9.17, 15) is 18.8 Å². The summed E-state index contributed by atoms with van der Waals surface area (Å²) >= 11 is 0. The number of amides is 1. The van der Waals surface area contributed by atoms with E-state index in [1.807, 2.05) is 0 Å². The number of nitrogens with zero attached hydrogens (tertiary/aromatic N) is 2. The van der Waals surface area contributed by atoms with E-state index in [4.69, 9.17) is 13.9 Å². The van der Waals surface area contributed by atoms with Crippen LogP contribution in [0.1, 0.15) is 30.1 Å². The van der Waals surface area contributed by atoms with Crippen molar-refractivity contribution >= 4 is 17.8 Å². The standard InChI is InChI=1S/C26H25FN2O6/c1-2-33-25(31)17-11-13-29(14-12-17)23(30)16-34-26(32)19-8-4-3-7-18(19)24-28-15-22(35-24)20-9-5-6-10-21(20)27/h3-10,15,17H,2,11-14,16H2,1H3. The summed E-state index contributed by atoms with van der Waals surface area (Å²) in [4.78, 5) is 43.0. The molecule has 1 saturated heterocycles. The summed E-state index contributed by atoms with van der Waals surface area (Å²) in [6.07, 6.45) is 2.41. The summed E-state index contributed by atoms with van der Waals surface area (Å²) < 4.78 is 30.1. The number of likely N-dealkylation sites (tertiary alicyclic amines) is 1. The molecule has 35 heavy (non-hydrogen) atoms. The van der Waals surface area contributed by atoms with Gasteiger partial charge in [-0.2, -0.15) is 0 Å². The summed E-state index contributed by atoms with van der Waals surface area (Å²) in [5, 5.41) is 0. The quantitative estimate of drug-likeness (QED) is 0.470. The Bertz CT molecular complexity index is 1220. The molecule has 1 amide bonds. The molecule has 0 N–H and O–H groups in total. The van der Waals surface area contributed by atoms with Crippen molar-refractivity contribution in [2.24, 2.45) is 5.92 Å². The number of halogens is 1. The fourth-order valence-electron chi connectivity index (χ4n) is 3.95. The van der Waals surface area contributed by atoms with Gasteiger partial charge in [0.05, 0.1) is 35.4 Å². The minimum Gasteiger partial charge on any atom is -0.466 e. The minimum atomic E-state index is -0.707. The lowest BCUT2D eigenvalue weighted by atomic mass is 9.97. The monoisotopic (exact) mass is 480 g/mol. The number of benzene rings is 2. The van der Waals surface area contributed by atoms with Gasteiger partial charge in [0, 0.05) is 13.1 Å². The molecule has 0 unspecified atom stereocenters. The largest absolute Gasteiger partial charge is 0.466 e. The average Bonchev–Trinajstić information content (AvgIpc) is 3.37. The van der Waals surface area contributed by atoms with E-state index in [2.05, 4.69) is 4.98 Å². The summed E-state index contributed by atoms with van der Waals surface area (Å²) in [7, 11) is 0. The number of hydrogen-bond donors (Lipinski definition) is 0. The van der Waals surface area contributed by atoms with Crippen LogP contribution in [0.3, 0.4) is 0 Å². The zero-order valence-electron chi connectivity index (χ0n) is 19.2. The number of ether oxygens (including phenoxy) is 2. The predicted molar refractivity (Wildman–Crippen MR) is 124 cm³/mol. The molecule has 1 aliphatic rings. The third-order valence-corrected chi connectivity index (χ3v) is 5.82. The molecule has 1 fully saturated rings. The number of carbonyl (C=O) groups is 3. The summed E-state index contributed by atoms with van der Waals surface area (Å²) in [5.41, 5.74) is 0.787. The third kappa shape index (κ3) is 5.56. The molecule has 0 aliphatic carbocycles. The predicted octanol–water partition coefficient (Wildman–Crippen LogP) is 4.11. The average molecular weight is 480 g/mol. The van der Waals surface area contributed by atoms with Crippen LogP contribution in [0.2, 0.25) is 0 Å². The van der Waals surface area contributed by atoms with E-state index >= 15 is 0 Å². The first-order chi connectivity index (χ1) is 17.0. The van der Waals surface area contributed by atoms with E-state index in [1.54, 1.807) is 54.3 Å². The number of hydrogen-bond acceptors (Lipinski definition) is 7. The van der Waals surface area contributed by atoms with Crippen molar-refractivity contribution in [2.45, 2.75) is 19.8 Å². The molecule has 1 aliphatic heterocycles. The Hall–Kier alpha value is -4.01. The van der Waals surface area contributed by atoms with Gasteiger partial charge in [0.25, 0.3) is 5.91 Å². The molecule has 9 heteroatoms. The van der Waals surface area contributed by atoms with Crippen LogP contribution in [0.15, 0.2) is 59.1 Å². The van der Waals surface area contributed by atoms with E-state index in [1.165, 1.54) is 12.3 Å². The summed E-state index contributed by atoms with van der Waals surface area (Å²) in [6.45, 7) is 2.45. The van der Waals surface area contributed by atoms with Crippen molar-refractivity contribution < 1.29 is 32.7 Å². The first-order valence-electron chi connectivity index (χ1n) is 11.4. The molecular weight excluding hydrogens is 455 g/mol. The minimum absolute atomic E-state index is 0.128. The first-order valence-corrected chi connectivity index (χ1v) is 11.4. The highest BCUT2D eigenvalue weighted by Crippen LogP contribution is 2.30. The normalized spacial score (nSPS) is 13.9. The van der Waals surface area contributed by atoms with Crippen molar-refractivity contribution in [1.29, 1.82) is 0 Å². The van der Waals surface area contributed by atoms with E-state index < -0.39 is 18.4 Å². The van der Waals surface area contributed by atoms with Crippen molar-refractivity contribution in [3.63, 3.8) is 0 Å². The lowest BCUT2D eigenvalue weighted by molar-refractivity contribution is -0.151. The molecule has 4 rings (SSSR count). The smallest absolute Gasteiger partial charge is 0.339 e. The third-order valence-electron chi connectivity index (χ3n) is 5.82. The number of rotatable bonds is 7. The van der Waals surface area contributed by atoms with Gasteiger partial charge in [-0.3, -0.25) is 9.59 Å². The Morgan fingerprint density at radius 3 is 2.43 bits per heavy atom. The second kappa shape index (κ2) is 10.9. The number of oxazole rings is 1. The van der Waals surface area contributed by atoms with Crippen LogP contribution >= 0.6 is 0 Å². The molecule has 0 saturated carbocycles. The highest BCUT2D eigenvalue weighted by Gasteiger charge is 2.29. The number of piperidine rings is 1. The van der Waals surface area contributed by atoms with E-state index in [0.29, 0.717) is 38.1 Å². The Labute approximate surface area is 201 Å². The van der Waals surface area contributed by atoms with Gasteiger partial charge in [-0.25, -0.2) is 14.2 Å². The van der Waals surface area contributed by atoms with Gasteiger partial charge in [0.15, 0.2) is 12.4 Å². The van der Waals surface area contributed by atoms with Crippen LogP contribution in [0.4, 0.5) is 4.39 Å². The first kappa shape index (κ1) is 24.1. The molecule has 8 nitrogen and oxygen atoms in total. The van der Waals surface area contributed by atoms with Crippen molar-refractivity contribution in [3.8, 4) is 22.8 Å². The molecule has 0 atom stereocenters. The number of carbonyl (C=O) groups excluding carboxylic acids is 3. The van der Waals surface area contributed by atoms with Gasteiger partial charge in [-0.05, 0) is 44.0 Å². The Morgan fingerprint density at radius 2 is 1.71 bits per heavy atom. The van der Waals surface area contributed by atoms with Crippen LogP contribution < -0.4 is 0 Å². The molecule has 2 aromatic carbocycles. The second-order valence-electron chi connectivity index (χ2n) is 8.04. The molecule has 0 radical (unpaired) electrons. The van der Waals surface area contributed by atoms with Crippen LogP contribution in [0.5, 0.6) is 0 Å². The number of aromatic nitrogens is 1. The van der Waals surface area contributed by atoms with Gasteiger partial charge in [-0.15, -0.1) is 0 Å². The highest BCUT2D eigenvalue weighted by atomic mass is 19.1. The van der Waals surface area contributed by atoms with Crippen molar-refractivity contribution in [3.05, 3.63) is 66.1 Å². The van der Waals surface area contributed by atoms with Crippen LogP contribution in [-0.4, -0.2) is 54.0 Å². The lowest BCUT2D eigenvalue weighted by Crippen LogP contribution is -2.42. The maximum Gasteiger partial charge on any atom is 0.339 e. The Balaban J connectivity index is 1.39. The Kier molecular flexibility index (Phi) is 7.54. The van der Waals surface area contributed by atoms with E-state index in [0.717, 1.165) is 0 Å². The van der Waals surface area contributed by atoms with Gasteiger partial charge in [0.2, 0.25) is 5.89 Å². The SMILES string of the molecule is CCOC(=O)C1CCN(C(=O)COC(=O)c2ccccc2-c2ncc(-c3ccccc3F)o2)CC1. The molecule has 1 aromatic heterocycles. The fourth-order valence-corrected chi connectivity index (χ4v) is 3.95. The fraction of sp³-hybridized carbons (Fsp3) is 0.308. The molecule has 3 aromatic rings. The van der Waals surface area contributed by atoms with Gasteiger partial charge in [-0.1, -0.05) is 24.3 Å². The van der Waals surface area contributed by atoms with Crippen molar-refractivity contribution in [2.75, 3.05) is 26.3 Å². The molecule has 2 heterocycles. The summed E-state index contributed by atoms with van der Waals surface area (Å²) in [5.74, 6) is -1.61. The van der Waals surface area contributed by atoms with Gasteiger partial charge < -0.3 is 18.8 Å². The Morgan fingerprint density at radius 1 is 1.03 bits per heavy atom. The van der Waals surface area contributed by atoms with E-state index in [-0.39, 0.29) is 40.6 Å². The molecular formula is C26H25FN2O6. The molecule has 0 spiro atoms. The molecule has 0 bridgehead atoms. The maximum absolute atomic E-state index is 14.1. The molecule has 182 valence electrons. The topological polar surface area (TPSA) is 98.9 Å².